The first kappa shape index (κ1) is 22.4. The Hall–Kier alpha value is -3.75. The second-order valence-corrected chi connectivity index (χ2v) is 8.60. The fourth-order valence-electron chi connectivity index (χ4n) is 3.47. The summed E-state index contributed by atoms with van der Waals surface area (Å²) in [4.78, 5) is 28.7. The number of primary amides is 1. The van der Waals surface area contributed by atoms with E-state index in [4.69, 9.17) is 16.2 Å². The molecule has 2 amide bonds. The molecule has 7 nitrogen and oxygen atoms in total. The van der Waals surface area contributed by atoms with Gasteiger partial charge in [0.2, 0.25) is 11.8 Å². The number of amides is 2. The van der Waals surface area contributed by atoms with Crippen LogP contribution in [0.2, 0.25) is 0 Å². The number of hydrogen-bond acceptors (Lipinski definition) is 5. The number of carbonyl (C=O) groups excluding carboxylic acids is 2. The van der Waals surface area contributed by atoms with Gasteiger partial charge in [0.15, 0.2) is 0 Å². The molecule has 0 fully saturated rings. The third kappa shape index (κ3) is 5.74. The van der Waals surface area contributed by atoms with Gasteiger partial charge in [-0.1, -0.05) is 72.4 Å². The van der Waals surface area contributed by atoms with Crippen molar-refractivity contribution in [2.45, 2.75) is 28.8 Å². The average Bonchev–Trinajstić information content (AvgIpc) is 3.14. The summed E-state index contributed by atoms with van der Waals surface area (Å²) in [5.41, 5.74) is 14.0. The van der Waals surface area contributed by atoms with Crippen molar-refractivity contribution in [3.8, 4) is 5.88 Å². The van der Waals surface area contributed by atoms with Gasteiger partial charge in [-0.3, -0.25) is 4.79 Å². The first-order chi connectivity index (χ1) is 16.0. The summed E-state index contributed by atoms with van der Waals surface area (Å²) < 4.78 is 5.20. The number of ether oxygens (including phenoxy) is 1. The van der Waals surface area contributed by atoms with Crippen molar-refractivity contribution in [2.75, 3.05) is 0 Å². The first-order valence-corrected chi connectivity index (χ1v) is 11.2. The Bertz CT molecular complexity index is 1260. The molecule has 8 heteroatoms. The number of nitrogens with one attached hydrogen (secondary N) is 2. The Morgan fingerprint density at radius 1 is 0.970 bits per heavy atom. The summed E-state index contributed by atoms with van der Waals surface area (Å²) in [5.74, 6) is 0.0703. The normalized spacial score (nSPS) is 11.8. The summed E-state index contributed by atoms with van der Waals surface area (Å²) in [7, 11) is 0. The largest absolute Gasteiger partial charge is 0.411 e. The molecule has 0 aliphatic rings. The molecule has 0 aliphatic carbocycles. The minimum atomic E-state index is -0.892. The van der Waals surface area contributed by atoms with Gasteiger partial charge < -0.3 is 26.5 Å². The highest BCUT2D eigenvalue weighted by Crippen LogP contribution is 2.40. The van der Waals surface area contributed by atoms with Crippen molar-refractivity contribution in [1.82, 2.24) is 10.3 Å². The lowest BCUT2D eigenvalue weighted by Crippen LogP contribution is -2.41. The van der Waals surface area contributed by atoms with Crippen LogP contribution in [0.25, 0.3) is 10.9 Å². The highest BCUT2D eigenvalue weighted by molar-refractivity contribution is 7.99. The summed E-state index contributed by atoms with van der Waals surface area (Å²) in [6.45, 7) is 0.323. The van der Waals surface area contributed by atoms with Gasteiger partial charge in [0, 0.05) is 22.3 Å². The maximum absolute atomic E-state index is 12.4. The molecule has 1 unspecified atom stereocenters. The monoisotopic (exact) mass is 460 g/mol. The van der Waals surface area contributed by atoms with Crippen LogP contribution in [0.4, 0.5) is 4.79 Å². The topological polar surface area (TPSA) is 123 Å². The zero-order valence-corrected chi connectivity index (χ0v) is 18.6. The molecule has 1 atom stereocenters. The number of hydrogen-bond donors (Lipinski definition) is 4. The van der Waals surface area contributed by atoms with Crippen molar-refractivity contribution in [2.24, 2.45) is 11.5 Å². The summed E-state index contributed by atoms with van der Waals surface area (Å²) in [6, 6.07) is 24.5. The van der Waals surface area contributed by atoms with Crippen LogP contribution in [-0.4, -0.2) is 23.0 Å². The van der Waals surface area contributed by atoms with Crippen LogP contribution in [0.3, 0.4) is 0 Å². The Morgan fingerprint density at radius 3 is 2.36 bits per heavy atom. The Balaban J connectivity index is 1.49. The highest BCUT2D eigenvalue weighted by Gasteiger charge is 2.18. The van der Waals surface area contributed by atoms with Gasteiger partial charge in [0.25, 0.3) is 0 Å². The standard InChI is InChI=1S/C25H24N4O3S/c26-20(13-16-7-3-1-4-8-16)23(30)28-15-17-11-12-19-21(14-17)29-24(32-25(27)31)22(19)33-18-9-5-2-6-10-18/h1-12,14,20,29H,13,15,26H2,(H2,27,31)(H,28,30). The first-order valence-electron chi connectivity index (χ1n) is 10.4. The molecule has 33 heavy (non-hydrogen) atoms. The van der Waals surface area contributed by atoms with E-state index in [1.54, 1.807) is 0 Å². The number of aromatic nitrogens is 1. The van der Waals surface area contributed by atoms with Gasteiger partial charge in [-0.05, 0) is 35.7 Å². The summed E-state index contributed by atoms with van der Waals surface area (Å²) in [6.07, 6.45) is -0.424. The van der Waals surface area contributed by atoms with Gasteiger partial charge in [-0.2, -0.15) is 0 Å². The number of fused-ring (bicyclic) bond motifs is 1. The van der Waals surface area contributed by atoms with Crippen LogP contribution in [0.15, 0.2) is 88.7 Å². The maximum atomic E-state index is 12.4. The molecular formula is C25H24N4O3S. The number of benzene rings is 3. The zero-order valence-electron chi connectivity index (χ0n) is 17.8. The lowest BCUT2D eigenvalue weighted by atomic mass is 10.1. The van der Waals surface area contributed by atoms with E-state index in [2.05, 4.69) is 10.3 Å². The number of nitrogens with two attached hydrogens (primary N) is 2. The molecule has 168 valence electrons. The number of H-pyrrole nitrogens is 1. The third-order valence-corrected chi connectivity index (χ3v) is 6.17. The van der Waals surface area contributed by atoms with E-state index in [0.29, 0.717) is 13.0 Å². The van der Waals surface area contributed by atoms with Crippen LogP contribution < -0.4 is 21.5 Å². The zero-order chi connectivity index (χ0) is 23.2. The maximum Gasteiger partial charge on any atom is 0.411 e. The van der Waals surface area contributed by atoms with Gasteiger partial charge in [0.1, 0.15) is 0 Å². The lowest BCUT2D eigenvalue weighted by Gasteiger charge is -2.12. The predicted molar refractivity (Wildman–Crippen MR) is 129 cm³/mol. The minimum absolute atomic E-state index is 0.219. The molecule has 4 rings (SSSR count). The van der Waals surface area contributed by atoms with E-state index >= 15 is 0 Å². The molecule has 0 spiro atoms. The second kappa shape index (κ2) is 10.2. The van der Waals surface area contributed by atoms with Crippen LogP contribution >= 0.6 is 11.8 Å². The summed E-state index contributed by atoms with van der Waals surface area (Å²) >= 11 is 1.47. The smallest absolute Gasteiger partial charge is 0.392 e. The number of aromatic amines is 1. The quantitative estimate of drug-likeness (QED) is 0.317. The fourth-order valence-corrected chi connectivity index (χ4v) is 4.47. The number of rotatable bonds is 8. The van der Waals surface area contributed by atoms with E-state index in [0.717, 1.165) is 31.8 Å². The van der Waals surface area contributed by atoms with Crippen molar-refractivity contribution < 1.29 is 14.3 Å². The lowest BCUT2D eigenvalue weighted by molar-refractivity contribution is -0.122. The minimum Gasteiger partial charge on any atom is -0.392 e. The van der Waals surface area contributed by atoms with Crippen LogP contribution in [0.5, 0.6) is 5.88 Å². The third-order valence-electron chi connectivity index (χ3n) is 5.05. The highest BCUT2D eigenvalue weighted by atomic mass is 32.2. The predicted octanol–water partition coefficient (Wildman–Crippen LogP) is 3.96. The Morgan fingerprint density at radius 2 is 1.67 bits per heavy atom. The van der Waals surface area contributed by atoms with Crippen molar-refractivity contribution >= 4 is 34.7 Å². The van der Waals surface area contributed by atoms with Crippen LogP contribution in [-0.2, 0) is 17.8 Å². The molecule has 3 aromatic carbocycles. The van der Waals surface area contributed by atoms with Crippen molar-refractivity contribution in [3.63, 3.8) is 0 Å². The van der Waals surface area contributed by atoms with Crippen LogP contribution in [0, 0.1) is 0 Å². The Labute approximate surface area is 195 Å². The SMILES string of the molecule is NC(=O)Oc1[nH]c2cc(CNC(=O)C(N)Cc3ccccc3)ccc2c1Sc1ccccc1. The van der Waals surface area contributed by atoms with E-state index in [1.165, 1.54) is 11.8 Å². The fraction of sp³-hybridized carbons (Fsp3) is 0.120. The average molecular weight is 461 g/mol. The molecule has 4 aromatic rings. The molecule has 0 radical (unpaired) electrons. The van der Waals surface area contributed by atoms with Gasteiger partial charge in [-0.15, -0.1) is 0 Å². The molecule has 0 saturated carbocycles. The molecule has 1 aromatic heterocycles. The van der Waals surface area contributed by atoms with E-state index in [1.807, 2.05) is 78.9 Å². The molecule has 0 saturated heterocycles. The molecule has 6 N–H and O–H groups in total. The molecular weight excluding hydrogens is 436 g/mol. The van der Waals surface area contributed by atoms with E-state index in [9.17, 15) is 9.59 Å². The molecule has 0 bridgehead atoms. The van der Waals surface area contributed by atoms with Crippen molar-refractivity contribution in [3.05, 3.63) is 90.0 Å². The second-order valence-electron chi connectivity index (χ2n) is 7.51. The Kier molecular flexibility index (Phi) is 6.97. The van der Waals surface area contributed by atoms with Gasteiger partial charge >= 0.3 is 6.09 Å². The van der Waals surface area contributed by atoms with Crippen LogP contribution in [0.1, 0.15) is 11.1 Å². The molecule has 1 heterocycles. The van der Waals surface area contributed by atoms with E-state index in [-0.39, 0.29) is 11.8 Å². The van der Waals surface area contributed by atoms with E-state index < -0.39 is 12.1 Å². The van der Waals surface area contributed by atoms with Gasteiger partial charge in [0.05, 0.1) is 10.9 Å². The summed E-state index contributed by atoms with van der Waals surface area (Å²) in [5, 5.41) is 3.77. The van der Waals surface area contributed by atoms with Gasteiger partial charge in [-0.25, -0.2) is 4.79 Å². The van der Waals surface area contributed by atoms with Crippen molar-refractivity contribution in [1.29, 1.82) is 0 Å². The molecule has 0 aliphatic heterocycles. The number of carbonyl (C=O) groups is 2.